The van der Waals surface area contributed by atoms with Gasteiger partial charge in [-0.15, -0.1) is 0 Å². The number of amides is 2. The predicted octanol–water partition coefficient (Wildman–Crippen LogP) is 1.55. The molecule has 114 valence electrons. The Balaban J connectivity index is 1.64. The molecule has 3 rings (SSSR count). The lowest BCUT2D eigenvalue weighted by Crippen LogP contribution is -2.37. The molecule has 7 heteroatoms. The zero-order valence-electron chi connectivity index (χ0n) is 12.1. The van der Waals surface area contributed by atoms with E-state index in [1.807, 2.05) is 10.7 Å². The van der Waals surface area contributed by atoms with Gasteiger partial charge in [-0.1, -0.05) is 0 Å². The van der Waals surface area contributed by atoms with Crippen molar-refractivity contribution < 1.29 is 14.7 Å². The molecule has 0 aliphatic carbocycles. The summed E-state index contributed by atoms with van der Waals surface area (Å²) in [4.78, 5) is 25.0. The molecule has 0 saturated carbocycles. The van der Waals surface area contributed by atoms with Gasteiger partial charge in [-0.25, -0.2) is 4.79 Å². The van der Waals surface area contributed by atoms with Crippen LogP contribution in [0.3, 0.4) is 0 Å². The van der Waals surface area contributed by atoms with E-state index in [4.69, 9.17) is 0 Å². The Kier molecular flexibility index (Phi) is 3.35. The predicted molar refractivity (Wildman–Crippen MR) is 76.1 cm³/mol. The number of nitrogens with zero attached hydrogens (tertiary/aromatic N) is 3. The molecule has 0 aromatic carbocycles. The molecule has 1 aromatic heterocycles. The number of aromatic nitrogens is 2. The summed E-state index contributed by atoms with van der Waals surface area (Å²) in [5.41, 5.74) is 0.304. The average molecular weight is 292 g/mol. The van der Waals surface area contributed by atoms with E-state index in [1.165, 1.54) is 0 Å². The molecule has 0 spiro atoms. The molecule has 1 aromatic rings. The van der Waals surface area contributed by atoms with Crippen molar-refractivity contribution in [3.63, 3.8) is 0 Å². The Morgan fingerprint density at radius 3 is 2.86 bits per heavy atom. The normalized spacial score (nSPS) is 24.7. The molecule has 7 nitrogen and oxygen atoms in total. The molecule has 1 atom stereocenters. The number of rotatable bonds is 2. The van der Waals surface area contributed by atoms with Gasteiger partial charge in [-0.05, 0) is 32.6 Å². The molecule has 21 heavy (non-hydrogen) atoms. The largest absolute Gasteiger partial charge is 0.481 e. The van der Waals surface area contributed by atoms with Gasteiger partial charge >= 0.3 is 12.0 Å². The number of aliphatic carboxylic acids is 1. The van der Waals surface area contributed by atoms with Crippen molar-refractivity contribution in [2.24, 2.45) is 5.41 Å². The number of carbonyl (C=O) groups is 2. The van der Waals surface area contributed by atoms with Crippen molar-refractivity contribution >= 4 is 17.8 Å². The highest BCUT2D eigenvalue weighted by Crippen LogP contribution is 2.30. The number of fused-ring (bicyclic) bond motifs is 1. The number of aryl methyl sites for hydroxylation is 2. The fourth-order valence-corrected chi connectivity index (χ4v) is 2.98. The Morgan fingerprint density at radius 2 is 2.19 bits per heavy atom. The lowest BCUT2D eigenvalue weighted by atomic mass is 9.90. The van der Waals surface area contributed by atoms with Gasteiger partial charge in [0.05, 0.1) is 5.41 Å². The maximum atomic E-state index is 12.2. The lowest BCUT2D eigenvalue weighted by molar-refractivity contribution is -0.146. The molecule has 2 aliphatic rings. The number of carboxylic acids is 1. The highest BCUT2D eigenvalue weighted by Gasteiger charge is 2.42. The second kappa shape index (κ2) is 5.05. The number of nitrogens with one attached hydrogen (secondary N) is 1. The molecule has 1 fully saturated rings. The van der Waals surface area contributed by atoms with Gasteiger partial charge in [0, 0.05) is 31.4 Å². The van der Waals surface area contributed by atoms with Crippen LogP contribution in [0.4, 0.5) is 10.6 Å². The molecule has 0 radical (unpaired) electrons. The fourth-order valence-electron chi connectivity index (χ4n) is 2.98. The van der Waals surface area contributed by atoms with Gasteiger partial charge < -0.3 is 10.0 Å². The van der Waals surface area contributed by atoms with Crippen LogP contribution in [0.2, 0.25) is 0 Å². The van der Waals surface area contributed by atoms with E-state index < -0.39 is 11.4 Å². The monoisotopic (exact) mass is 292 g/mol. The van der Waals surface area contributed by atoms with Crippen molar-refractivity contribution in [3.05, 3.63) is 11.8 Å². The molecule has 1 unspecified atom stereocenters. The van der Waals surface area contributed by atoms with Crippen molar-refractivity contribution in [1.82, 2.24) is 14.7 Å². The summed E-state index contributed by atoms with van der Waals surface area (Å²) in [7, 11) is 0. The van der Waals surface area contributed by atoms with Crippen molar-refractivity contribution in [2.75, 3.05) is 18.4 Å². The van der Waals surface area contributed by atoms with Crippen LogP contribution in [0.1, 0.15) is 31.9 Å². The number of hydrogen-bond acceptors (Lipinski definition) is 3. The second-order valence-electron chi connectivity index (χ2n) is 6.17. The number of anilines is 1. The van der Waals surface area contributed by atoms with Gasteiger partial charge in [-0.2, -0.15) is 5.10 Å². The van der Waals surface area contributed by atoms with E-state index in [-0.39, 0.29) is 12.6 Å². The van der Waals surface area contributed by atoms with E-state index in [9.17, 15) is 14.7 Å². The van der Waals surface area contributed by atoms with Gasteiger partial charge in [0.15, 0.2) is 5.82 Å². The summed E-state index contributed by atoms with van der Waals surface area (Å²) in [6.07, 6.45) is 3.74. The van der Waals surface area contributed by atoms with Gasteiger partial charge in [-0.3, -0.25) is 14.8 Å². The summed E-state index contributed by atoms with van der Waals surface area (Å²) in [5.74, 6) is -0.295. The van der Waals surface area contributed by atoms with Crippen LogP contribution >= 0.6 is 0 Å². The maximum absolute atomic E-state index is 12.2. The Bertz CT molecular complexity index is 559. The summed E-state index contributed by atoms with van der Waals surface area (Å²) < 4.78 is 1.93. The minimum atomic E-state index is -0.852. The Morgan fingerprint density at radius 1 is 1.38 bits per heavy atom. The first-order valence-electron chi connectivity index (χ1n) is 7.34. The third-order valence-electron chi connectivity index (χ3n) is 4.43. The minimum Gasteiger partial charge on any atom is -0.481 e. The lowest BCUT2D eigenvalue weighted by Gasteiger charge is -2.20. The third-order valence-corrected chi connectivity index (χ3v) is 4.43. The Hall–Kier alpha value is -2.05. The number of carboxylic acid groups (broad SMARTS) is 1. The zero-order valence-corrected chi connectivity index (χ0v) is 12.1. The minimum absolute atomic E-state index is 0.238. The van der Waals surface area contributed by atoms with Crippen LogP contribution in [0.25, 0.3) is 0 Å². The van der Waals surface area contributed by atoms with E-state index in [2.05, 4.69) is 10.4 Å². The third kappa shape index (κ3) is 2.59. The van der Waals surface area contributed by atoms with Gasteiger partial charge in [0.25, 0.3) is 0 Å². The highest BCUT2D eigenvalue weighted by atomic mass is 16.4. The van der Waals surface area contributed by atoms with Crippen LogP contribution in [0.5, 0.6) is 0 Å². The molecule has 2 aliphatic heterocycles. The SMILES string of the molecule is CC1(C(=O)O)CCN(C(=O)Nc2cc3n(n2)CCCC3)C1. The van der Waals surface area contributed by atoms with Gasteiger partial charge in [0.2, 0.25) is 0 Å². The van der Waals surface area contributed by atoms with Crippen LogP contribution in [0.15, 0.2) is 6.07 Å². The van der Waals surface area contributed by atoms with Gasteiger partial charge in [0.1, 0.15) is 0 Å². The van der Waals surface area contributed by atoms with Crippen LogP contribution in [-0.2, 0) is 17.8 Å². The summed E-state index contributed by atoms with van der Waals surface area (Å²) in [5, 5.41) is 16.4. The molecular weight excluding hydrogens is 272 g/mol. The molecule has 2 N–H and O–H groups in total. The van der Waals surface area contributed by atoms with Crippen LogP contribution in [0, 0.1) is 5.41 Å². The van der Waals surface area contributed by atoms with E-state index in [1.54, 1.807) is 11.8 Å². The molecule has 0 bridgehead atoms. The highest BCUT2D eigenvalue weighted by molar-refractivity contribution is 5.89. The maximum Gasteiger partial charge on any atom is 0.323 e. The first-order chi connectivity index (χ1) is 9.98. The summed E-state index contributed by atoms with van der Waals surface area (Å²) in [6, 6.07) is 1.64. The number of carbonyl (C=O) groups excluding carboxylic acids is 1. The number of likely N-dealkylation sites (tertiary alicyclic amines) is 1. The molecule has 1 saturated heterocycles. The number of urea groups is 1. The summed E-state index contributed by atoms with van der Waals surface area (Å²) >= 11 is 0. The average Bonchev–Trinajstić information content (AvgIpc) is 3.02. The summed E-state index contributed by atoms with van der Waals surface area (Å²) in [6.45, 7) is 3.27. The van der Waals surface area contributed by atoms with Crippen molar-refractivity contribution in [2.45, 2.75) is 39.2 Å². The van der Waals surface area contributed by atoms with E-state index in [0.717, 1.165) is 31.5 Å². The first-order valence-corrected chi connectivity index (χ1v) is 7.34. The van der Waals surface area contributed by atoms with Crippen LogP contribution in [-0.4, -0.2) is 44.9 Å². The van der Waals surface area contributed by atoms with Crippen molar-refractivity contribution in [1.29, 1.82) is 0 Å². The van der Waals surface area contributed by atoms with Crippen LogP contribution < -0.4 is 5.32 Å². The molecular formula is C14H20N4O3. The Labute approximate surface area is 122 Å². The molecule has 2 amide bonds. The zero-order chi connectivity index (χ0) is 15.0. The smallest absolute Gasteiger partial charge is 0.323 e. The second-order valence-corrected chi connectivity index (χ2v) is 6.17. The van der Waals surface area contributed by atoms with Crippen molar-refractivity contribution in [3.8, 4) is 0 Å². The molecule has 3 heterocycles. The first kappa shape index (κ1) is 13.9. The van der Waals surface area contributed by atoms with E-state index in [0.29, 0.717) is 18.8 Å². The topological polar surface area (TPSA) is 87.5 Å². The standard InChI is InChI=1S/C14H20N4O3/c1-14(12(19)20)5-7-17(9-14)13(21)15-11-8-10-4-2-3-6-18(10)16-11/h8H,2-7,9H2,1H3,(H,19,20)(H,15,16,21). The fraction of sp³-hybridized carbons (Fsp3) is 0.643. The van der Waals surface area contributed by atoms with E-state index >= 15 is 0 Å². The quantitative estimate of drug-likeness (QED) is 0.865. The number of hydrogen-bond donors (Lipinski definition) is 2.